The van der Waals surface area contributed by atoms with Gasteiger partial charge >= 0.3 is 0 Å². The van der Waals surface area contributed by atoms with Gasteiger partial charge in [0.05, 0.1) is 24.1 Å². The molecule has 0 saturated heterocycles. The fourth-order valence-electron chi connectivity index (χ4n) is 1.34. The number of aromatic hydroxyl groups is 1. The smallest absolute Gasteiger partial charge is 0.147 e. The minimum absolute atomic E-state index is 0.103. The Hall–Kier alpha value is -1.81. The number of hydrogen-bond donors (Lipinski definition) is 2. The summed E-state index contributed by atoms with van der Waals surface area (Å²) in [5, 5.41) is 12.3. The van der Waals surface area contributed by atoms with E-state index in [1.54, 1.807) is 18.2 Å². The van der Waals surface area contributed by atoms with E-state index in [2.05, 4.69) is 10.3 Å². The quantitative estimate of drug-likeness (QED) is 0.882. The minimum atomic E-state index is -0.406. The number of anilines is 1. The number of nitrogens with one attached hydrogen (secondary N) is 1. The van der Waals surface area contributed by atoms with Crippen LogP contribution in [-0.4, -0.2) is 10.1 Å². The van der Waals surface area contributed by atoms with Crippen LogP contribution in [0.5, 0.6) is 5.75 Å². The highest BCUT2D eigenvalue weighted by atomic mass is 35.5. The molecule has 2 aromatic rings. The molecule has 3 nitrogen and oxygen atoms in total. The van der Waals surface area contributed by atoms with Crippen molar-refractivity contribution >= 4 is 17.3 Å². The average molecular weight is 253 g/mol. The van der Waals surface area contributed by atoms with E-state index in [-0.39, 0.29) is 5.75 Å². The topological polar surface area (TPSA) is 45.1 Å². The van der Waals surface area contributed by atoms with Crippen molar-refractivity contribution in [2.24, 2.45) is 0 Å². The fourth-order valence-corrected chi connectivity index (χ4v) is 1.50. The Morgan fingerprint density at radius 1 is 1.29 bits per heavy atom. The Bertz CT molecular complexity index is 516. The first kappa shape index (κ1) is 11.7. The van der Waals surface area contributed by atoms with Crippen LogP contribution in [0.3, 0.4) is 0 Å². The molecule has 0 unspecified atom stereocenters. The zero-order valence-electron chi connectivity index (χ0n) is 8.82. The molecule has 0 aliphatic heterocycles. The summed E-state index contributed by atoms with van der Waals surface area (Å²) in [7, 11) is 0. The van der Waals surface area contributed by atoms with Crippen LogP contribution in [0.4, 0.5) is 10.1 Å². The van der Waals surface area contributed by atoms with E-state index < -0.39 is 5.82 Å². The van der Waals surface area contributed by atoms with Gasteiger partial charge in [-0.3, -0.25) is 4.98 Å². The van der Waals surface area contributed by atoms with E-state index in [1.807, 2.05) is 0 Å². The molecular formula is C12H10ClFN2O. The van der Waals surface area contributed by atoms with E-state index in [0.717, 1.165) is 0 Å². The van der Waals surface area contributed by atoms with Crippen LogP contribution in [0.25, 0.3) is 0 Å². The lowest BCUT2D eigenvalue weighted by Crippen LogP contribution is -2.02. The molecule has 0 radical (unpaired) electrons. The van der Waals surface area contributed by atoms with Gasteiger partial charge in [-0.25, -0.2) is 4.39 Å². The molecule has 0 aliphatic rings. The minimum Gasteiger partial charge on any atom is -0.506 e. The van der Waals surface area contributed by atoms with Gasteiger partial charge in [-0.1, -0.05) is 11.6 Å². The second-order valence-electron chi connectivity index (χ2n) is 3.49. The van der Waals surface area contributed by atoms with Crippen molar-refractivity contribution in [3.8, 4) is 5.75 Å². The molecule has 0 spiro atoms. The van der Waals surface area contributed by atoms with Gasteiger partial charge in [0.25, 0.3) is 0 Å². The lowest BCUT2D eigenvalue weighted by molar-refractivity contribution is 0.472. The van der Waals surface area contributed by atoms with Crippen molar-refractivity contribution in [1.29, 1.82) is 0 Å². The van der Waals surface area contributed by atoms with Gasteiger partial charge in [-0.2, -0.15) is 0 Å². The molecule has 0 fully saturated rings. The number of halogens is 2. The van der Waals surface area contributed by atoms with Crippen molar-refractivity contribution < 1.29 is 9.50 Å². The number of pyridine rings is 1. The van der Waals surface area contributed by atoms with Gasteiger partial charge in [0, 0.05) is 5.02 Å². The van der Waals surface area contributed by atoms with Gasteiger partial charge in [0.1, 0.15) is 11.6 Å². The summed E-state index contributed by atoms with van der Waals surface area (Å²) in [5.41, 5.74) is 1.07. The molecule has 0 atom stereocenters. The summed E-state index contributed by atoms with van der Waals surface area (Å²) in [4.78, 5) is 3.98. The maximum Gasteiger partial charge on any atom is 0.147 e. The number of aromatic nitrogens is 1. The molecule has 17 heavy (non-hydrogen) atoms. The van der Waals surface area contributed by atoms with Crippen LogP contribution < -0.4 is 5.32 Å². The summed E-state index contributed by atoms with van der Waals surface area (Å²) in [6.45, 7) is 0.374. The van der Waals surface area contributed by atoms with Gasteiger partial charge in [0.2, 0.25) is 0 Å². The molecule has 1 aromatic heterocycles. The van der Waals surface area contributed by atoms with Crippen LogP contribution >= 0.6 is 11.6 Å². The summed E-state index contributed by atoms with van der Waals surface area (Å²) in [6, 6.07) is 7.61. The number of nitrogens with zero attached hydrogens (tertiary/aromatic N) is 1. The second kappa shape index (κ2) is 5.01. The second-order valence-corrected chi connectivity index (χ2v) is 3.92. The number of rotatable bonds is 3. The normalized spacial score (nSPS) is 10.2. The van der Waals surface area contributed by atoms with Crippen LogP contribution in [0.15, 0.2) is 36.5 Å². The van der Waals surface area contributed by atoms with E-state index in [1.165, 1.54) is 18.3 Å². The third-order valence-corrected chi connectivity index (χ3v) is 2.44. The van der Waals surface area contributed by atoms with Crippen LogP contribution in [0.2, 0.25) is 5.02 Å². The Balaban J connectivity index is 2.04. The van der Waals surface area contributed by atoms with E-state index in [9.17, 15) is 4.39 Å². The molecule has 1 aromatic carbocycles. The van der Waals surface area contributed by atoms with Crippen molar-refractivity contribution in [2.75, 3.05) is 5.32 Å². The third-order valence-electron chi connectivity index (χ3n) is 2.20. The predicted octanol–water partition coefficient (Wildman–Crippen LogP) is 3.19. The zero-order chi connectivity index (χ0) is 12.3. The maximum absolute atomic E-state index is 13.4. The van der Waals surface area contributed by atoms with Crippen molar-refractivity contribution in [1.82, 2.24) is 4.98 Å². The van der Waals surface area contributed by atoms with Crippen molar-refractivity contribution in [3.63, 3.8) is 0 Å². The molecule has 2 N–H and O–H groups in total. The molecule has 2 rings (SSSR count). The summed E-state index contributed by atoms with van der Waals surface area (Å²) >= 11 is 5.64. The Morgan fingerprint density at radius 2 is 2.12 bits per heavy atom. The maximum atomic E-state index is 13.4. The van der Waals surface area contributed by atoms with Gasteiger partial charge < -0.3 is 10.4 Å². The van der Waals surface area contributed by atoms with Gasteiger partial charge in [0.15, 0.2) is 0 Å². The van der Waals surface area contributed by atoms with E-state index >= 15 is 0 Å². The average Bonchev–Trinajstić information content (AvgIpc) is 2.30. The van der Waals surface area contributed by atoms with Crippen molar-refractivity contribution in [2.45, 2.75) is 6.54 Å². The molecule has 0 bridgehead atoms. The van der Waals surface area contributed by atoms with E-state index in [0.29, 0.717) is 22.9 Å². The molecule has 1 heterocycles. The molecule has 5 heteroatoms. The Labute approximate surface area is 103 Å². The Morgan fingerprint density at radius 3 is 2.76 bits per heavy atom. The first-order chi connectivity index (χ1) is 8.15. The monoisotopic (exact) mass is 252 g/mol. The highest BCUT2D eigenvalue weighted by Gasteiger charge is 2.02. The van der Waals surface area contributed by atoms with E-state index in [4.69, 9.17) is 16.7 Å². The standard InChI is InChI=1S/C12H10ClFN2O/c13-8-1-4-12(11(14)5-8)16-6-9-2-3-10(17)7-15-9/h1-5,7,16-17H,6H2. The first-order valence-corrected chi connectivity index (χ1v) is 5.36. The van der Waals surface area contributed by atoms with Gasteiger partial charge in [-0.15, -0.1) is 0 Å². The zero-order valence-corrected chi connectivity index (χ0v) is 9.58. The lowest BCUT2D eigenvalue weighted by Gasteiger charge is -2.07. The van der Waals surface area contributed by atoms with Crippen LogP contribution in [0.1, 0.15) is 5.69 Å². The third kappa shape index (κ3) is 3.07. The molecule has 88 valence electrons. The van der Waals surface area contributed by atoms with Gasteiger partial charge in [-0.05, 0) is 30.3 Å². The predicted molar refractivity (Wildman–Crippen MR) is 64.6 cm³/mol. The lowest BCUT2D eigenvalue weighted by atomic mass is 10.3. The largest absolute Gasteiger partial charge is 0.506 e. The highest BCUT2D eigenvalue weighted by molar-refractivity contribution is 6.30. The molecular weight excluding hydrogens is 243 g/mol. The fraction of sp³-hybridized carbons (Fsp3) is 0.0833. The number of benzene rings is 1. The summed E-state index contributed by atoms with van der Waals surface area (Å²) in [6.07, 6.45) is 1.34. The molecule has 0 amide bonds. The first-order valence-electron chi connectivity index (χ1n) is 4.98. The van der Waals surface area contributed by atoms with Crippen LogP contribution in [-0.2, 0) is 6.54 Å². The molecule has 0 saturated carbocycles. The highest BCUT2D eigenvalue weighted by Crippen LogP contribution is 2.19. The van der Waals surface area contributed by atoms with Crippen molar-refractivity contribution in [3.05, 3.63) is 53.1 Å². The molecule has 0 aliphatic carbocycles. The Kier molecular flexibility index (Phi) is 3.44. The number of hydrogen-bond acceptors (Lipinski definition) is 3. The van der Waals surface area contributed by atoms with Crippen LogP contribution in [0, 0.1) is 5.82 Å². The summed E-state index contributed by atoms with van der Waals surface area (Å²) in [5.74, 6) is -0.303. The SMILES string of the molecule is Oc1ccc(CNc2ccc(Cl)cc2F)nc1. The summed E-state index contributed by atoms with van der Waals surface area (Å²) < 4.78 is 13.4.